The number of aliphatic hydroxyl groups is 1. The van der Waals surface area contributed by atoms with E-state index < -0.39 is 6.10 Å². The van der Waals surface area contributed by atoms with Crippen molar-refractivity contribution in [3.63, 3.8) is 0 Å². The number of ether oxygens (including phenoxy) is 2. The maximum atomic E-state index is 9.43. The molecule has 2 unspecified atom stereocenters. The highest BCUT2D eigenvalue weighted by molar-refractivity contribution is 4.58. The summed E-state index contributed by atoms with van der Waals surface area (Å²) in [6, 6.07) is 0. The van der Waals surface area contributed by atoms with Crippen LogP contribution in [0.5, 0.6) is 0 Å². The first-order chi connectivity index (χ1) is 6.70. The highest BCUT2D eigenvalue weighted by Gasteiger charge is 2.07. The van der Waals surface area contributed by atoms with Crippen molar-refractivity contribution in [2.24, 2.45) is 0 Å². The van der Waals surface area contributed by atoms with Crippen molar-refractivity contribution in [2.75, 3.05) is 32.9 Å². The van der Waals surface area contributed by atoms with Crippen LogP contribution >= 0.6 is 0 Å². The summed E-state index contributed by atoms with van der Waals surface area (Å²) in [5.41, 5.74) is 0. The second-order valence-electron chi connectivity index (χ2n) is 3.26. The van der Waals surface area contributed by atoms with Crippen molar-refractivity contribution in [2.45, 2.75) is 33.0 Å². The van der Waals surface area contributed by atoms with Crippen LogP contribution < -0.4 is 5.32 Å². The number of nitrogens with one attached hydrogen (secondary N) is 1. The molecule has 0 aromatic carbocycles. The van der Waals surface area contributed by atoms with E-state index in [1.165, 1.54) is 0 Å². The lowest BCUT2D eigenvalue weighted by Gasteiger charge is -2.16. The predicted molar refractivity (Wildman–Crippen MR) is 56.5 cm³/mol. The molecular formula is C10H23NO3. The third-order valence-corrected chi connectivity index (χ3v) is 1.76. The van der Waals surface area contributed by atoms with Crippen LogP contribution in [0.15, 0.2) is 0 Å². The van der Waals surface area contributed by atoms with Crippen LogP contribution in [-0.4, -0.2) is 50.2 Å². The van der Waals surface area contributed by atoms with Gasteiger partial charge in [-0.3, -0.25) is 0 Å². The molecule has 0 aliphatic heterocycles. The zero-order valence-corrected chi connectivity index (χ0v) is 9.45. The molecule has 0 spiro atoms. The zero-order chi connectivity index (χ0) is 10.8. The molecule has 0 aliphatic rings. The first-order valence-corrected chi connectivity index (χ1v) is 5.28. The molecule has 0 amide bonds. The van der Waals surface area contributed by atoms with E-state index in [1.807, 2.05) is 20.8 Å². The van der Waals surface area contributed by atoms with Gasteiger partial charge in [0.15, 0.2) is 0 Å². The molecule has 2 atom stereocenters. The molecule has 0 aromatic heterocycles. The van der Waals surface area contributed by atoms with E-state index in [-0.39, 0.29) is 6.10 Å². The summed E-state index contributed by atoms with van der Waals surface area (Å²) >= 11 is 0. The maximum Gasteiger partial charge on any atom is 0.0897 e. The van der Waals surface area contributed by atoms with Crippen LogP contribution in [0.25, 0.3) is 0 Å². The third-order valence-electron chi connectivity index (χ3n) is 1.76. The number of rotatable bonds is 9. The van der Waals surface area contributed by atoms with Gasteiger partial charge in [-0.15, -0.1) is 0 Å². The van der Waals surface area contributed by atoms with Crippen LogP contribution in [0.2, 0.25) is 0 Å². The van der Waals surface area contributed by atoms with Gasteiger partial charge in [-0.1, -0.05) is 6.92 Å². The van der Waals surface area contributed by atoms with Crippen molar-refractivity contribution in [3.8, 4) is 0 Å². The average Bonchev–Trinajstić information content (AvgIpc) is 2.20. The van der Waals surface area contributed by atoms with E-state index in [0.717, 1.165) is 6.54 Å². The van der Waals surface area contributed by atoms with Crippen LogP contribution in [-0.2, 0) is 9.47 Å². The molecule has 86 valence electrons. The van der Waals surface area contributed by atoms with Crippen molar-refractivity contribution in [1.82, 2.24) is 5.32 Å². The summed E-state index contributed by atoms with van der Waals surface area (Å²) in [5, 5.41) is 12.5. The lowest BCUT2D eigenvalue weighted by molar-refractivity contribution is -0.0379. The van der Waals surface area contributed by atoms with Gasteiger partial charge in [0.05, 0.1) is 25.4 Å². The van der Waals surface area contributed by atoms with Gasteiger partial charge in [0.25, 0.3) is 0 Å². The fourth-order valence-electron chi connectivity index (χ4n) is 0.977. The smallest absolute Gasteiger partial charge is 0.0897 e. The van der Waals surface area contributed by atoms with Crippen molar-refractivity contribution < 1.29 is 14.6 Å². The van der Waals surface area contributed by atoms with Gasteiger partial charge in [-0.25, -0.2) is 0 Å². The van der Waals surface area contributed by atoms with Gasteiger partial charge in [0.2, 0.25) is 0 Å². The molecule has 0 rings (SSSR count). The summed E-state index contributed by atoms with van der Waals surface area (Å²) in [7, 11) is 0. The number of hydrogen-bond acceptors (Lipinski definition) is 4. The topological polar surface area (TPSA) is 50.7 Å². The molecule has 0 saturated heterocycles. The standard InChI is InChI=1S/C10H23NO3/c1-4-11-6-10(12)8-14-9(3)7-13-5-2/h9-12H,4-8H2,1-3H3. The number of hydrogen-bond donors (Lipinski definition) is 2. The Morgan fingerprint density at radius 3 is 2.57 bits per heavy atom. The average molecular weight is 205 g/mol. The molecule has 4 heteroatoms. The van der Waals surface area contributed by atoms with Crippen molar-refractivity contribution in [3.05, 3.63) is 0 Å². The molecule has 0 aromatic rings. The number of aliphatic hydroxyl groups excluding tert-OH is 1. The second kappa shape index (κ2) is 9.40. The van der Waals surface area contributed by atoms with Gasteiger partial charge in [-0.05, 0) is 20.4 Å². The molecule has 0 radical (unpaired) electrons. The Morgan fingerprint density at radius 2 is 2.00 bits per heavy atom. The summed E-state index contributed by atoms with van der Waals surface area (Å²) in [6.07, 6.45) is -0.384. The minimum absolute atomic E-state index is 0.0474. The fraction of sp³-hybridized carbons (Fsp3) is 1.00. The van der Waals surface area contributed by atoms with E-state index >= 15 is 0 Å². The third kappa shape index (κ3) is 8.44. The molecule has 0 fully saturated rings. The van der Waals surface area contributed by atoms with Crippen LogP contribution in [0.4, 0.5) is 0 Å². The summed E-state index contributed by atoms with van der Waals surface area (Å²) in [4.78, 5) is 0. The van der Waals surface area contributed by atoms with Gasteiger partial charge < -0.3 is 19.9 Å². The Bertz CT molecular complexity index is 108. The Hall–Kier alpha value is -0.160. The molecule has 0 saturated carbocycles. The van der Waals surface area contributed by atoms with E-state index in [2.05, 4.69) is 5.32 Å². The lowest BCUT2D eigenvalue weighted by Crippen LogP contribution is -2.32. The number of likely N-dealkylation sites (N-methyl/N-ethyl adjacent to an activating group) is 1. The zero-order valence-electron chi connectivity index (χ0n) is 9.45. The molecule has 0 bridgehead atoms. The largest absolute Gasteiger partial charge is 0.389 e. The minimum Gasteiger partial charge on any atom is -0.389 e. The fourth-order valence-corrected chi connectivity index (χ4v) is 0.977. The van der Waals surface area contributed by atoms with Gasteiger partial charge in [0, 0.05) is 13.2 Å². The Labute approximate surface area is 86.6 Å². The quantitative estimate of drug-likeness (QED) is 0.572. The van der Waals surface area contributed by atoms with E-state index in [1.54, 1.807) is 0 Å². The summed E-state index contributed by atoms with van der Waals surface area (Å²) in [5.74, 6) is 0. The van der Waals surface area contributed by atoms with E-state index in [9.17, 15) is 5.11 Å². The van der Waals surface area contributed by atoms with E-state index in [4.69, 9.17) is 9.47 Å². The van der Waals surface area contributed by atoms with Crippen LogP contribution in [0.1, 0.15) is 20.8 Å². The second-order valence-corrected chi connectivity index (χ2v) is 3.26. The van der Waals surface area contributed by atoms with Gasteiger partial charge in [-0.2, -0.15) is 0 Å². The van der Waals surface area contributed by atoms with Crippen LogP contribution in [0.3, 0.4) is 0 Å². The monoisotopic (exact) mass is 205 g/mol. The molecule has 0 aliphatic carbocycles. The minimum atomic E-state index is -0.431. The molecule has 4 nitrogen and oxygen atoms in total. The molecular weight excluding hydrogens is 182 g/mol. The molecule has 14 heavy (non-hydrogen) atoms. The Balaban J connectivity index is 3.31. The van der Waals surface area contributed by atoms with Crippen LogP contribution in [0, 0.1) is 0 Å². The molecule has 0 heterocycles. The molecule has 2 N–H and O–H groups in total. The maximum absolute atomic E-state index is 9.43. The van der Waals surface area contributed by atoms with Gasteiger partial charge >= 0.3 is 0 Å². The van der Waals surface area contributed by atoms with Crippen molar-refractivity contribution in [1.29, 1.82) is 0 Å². The van der Waals surface area contributed by atoms with E-state index in [0.29, 0.717) is 26.4 Å². The van der Waals surface area contributed by atoms with Gasteiger partial charge in [0.1, 0.15) is 0 Å². The first kappa shape index (κ1) is 13.8. The Morgan fingerprint density at radius 1 is 1.29 bits per heavy atom. The Kier molecular flexibility index (Phi) is 9.29. The summed E-state index contributed by atoms with van der Waals surface area (Å²) in [6.45, 7) is 9.00. The summed E-state index contributed by atoms with van der Waals surface area (Å²) < 4.78 is 10.6. The normalized spacial score (nSPS) is 15.4. The highest BCUT2D eigenvalue weighted by atomic mass is 16.5. The lowest BCUT2D eigenvalue weighted by atomic mass is 10.3. The SMILES string of the molecule is CCNCC(O)COC(C)COCC. The predicted octanol–water partition coefficient (Wildman–Crippen LogP) is 0.398. The first-order valence-electron chi connectivity index (χ1n) is 5.28. The van der Waals surface area contributed by atoms with Crippen molar-refractivity contribution >= 4 is 0 Å². The highest BCUT2D eigenvalue weighted by Crippen LogP contribution is 1.94.